The number of carbonyl (C=O) groups excluding carboxylic acids is 3. The van der Waals surface area contributed by atoms with E-state index in [1.165, 1.54) is 42.1 Å². The van der Waals surface area contributed by atoms with Crippen molar-refractivity contribution in [3.63, 3.8) is 0 Å². The van der Waals surface area contributed by atoms with E-state index >= 15 is 8.78 Å². The summed E-state index contributed by atoms with van der Waals surface area (Å²) in [6.45, 7) is 7.08. The summed E-state index contributed by atoms with van der Waals surface area (Å²) in [5.41, 5.74) is 2.46. The maximum absolute atomic E-state index is 15.7. The zero-order valence-electron chi connectivity index (χ0n) is 31.3. The number of aliphatic hydroxyl groups excluding tert-OH is 1. The van der Waals surface area contributed by atoms with E-state index < -0.39 is 29.6 Å². The minimum Gasteiger partial charge on any atom is -0.386 e. The number of hydrogen-bond donors (Lipinski definition) is 2. The van der Waals surface area contributed by atoms with Crippen molar-refractivity contribution >= 4 is 35.0 Å². The molecule has 2 saturated heterocycles. The van der Waals surface area contributed by atoms with Gasteiger partial charge in [0.15, 0.2) is 17.5 Å². The topological polar surface area (TPSA) is 135 Å². The molecule has 4 aromatic rings. The zero-order valence-corrected chi connectivity index (χ0v) is 32.1. The van der Waals surface area contributed by atoms with E-state index in [4.69, 9.17) is 16.3 Å². The van der Waals surface area contributed by atoms with Crippen LogP contribution in [0.5, 0.6) is 0 Å². The molecule has 2 unspecified atom stereocenters. The summed E-state index contributed by atoms with van der Waals surface area (Å²) in [6, 6.07) is 7.46. The fourth-order valence-corrected chi connectivity index (χ4v) is 7.74. The fourth-order valence-electron chi connectivity index (χ4n) is 7.48. The summed E-state index contributed by atoms with van der Waals surface area (Å²) in [5, 5.41) is 17.9. The number of rotatable bonds is 9. The summed E-state index contributed by atoms with van der Waals surface area (Å²) < 4.78 is 40.1. The molecule has 2 N–H and O–H groups in total. The number of aromatic nitrogens is 4. The maximum atomic E-state index is 15.7. The van der Waals surface area contributed by atoms with Crippen LogP contribution in [0.3, 0.4) is 0 Å². The Morgan fingerprint density at radius 2 is 1.70 bits per heavy atom. The number of piperazine rings is 1. The van der Waals surface area contributed by atoms with Crippen molar-refractivity contribution in [3.05, 3.63) is 76.0 Å². The minimum atomic E-state index is -1.09. The van der Waals surface area contributed by atoms with Crippen LogP contribution in [0.1, 0.15) is 38.8 Å². The van der Waals surface area contributed by atoms with Crippen molar-refractivity contribution in [2.24, 2.45) is 13.0 Å². The second-order valence-electron chi connectivity index (χ2n) is 14.6. The number of likely N-dealkylation sites (N-methyl/N-ethyl adjacent to an activating group) is 1. The van der Waals surface area contributed by atoms with Gasteiger partial charge in [0, 0.05) is 74.8 Å². The van der Waals surface area contributed by atoms with Crippen LogP contribution < -0.4 is 5.32 Å². The normalized spacial score (nSPS) is 18.6. The average Bonchev–Trinajstić information content (AvgIpc) is 3.65. The number of quaternary nitrogens is 1. The lowest BCUT2D eigenvalue weighted by Gasteiger charge is -2.42. The van der Waals surface area contributed by atoms with Gasteiger partial charge < -0.3 is 34.0 Å². The number of benzene rings is 2. The molecule has 2 aromatic carbocycles. The quantitative estimate of drug-likeness (QED) is 0.245. The summed E-state index contributed by atoms with van der Waals surface area (Å²) in [7, 11) is 7.17. The van der Waals surface area contributed by atoms with Gasteiger partial charge in [0.05, 0.1) is 67.9 Å². The number of aryl methyl sites for hydroxylation is 1. The van der Waals surface area contributed by atoms with Crippen molar-refractivity contribution in [3.8, 4) is 22.4 Å². The highest BCUT2D eigenvalue weighted by atomic mass is 35.5. The summed E-state index contributed by atoms with van der Waals surface area (Å²) in [4.78, 5) is 47.4. The third kappa shape index (κ3) is 7.63. The highest BCUT2D eigenvalue weighted by molar-refractivity contribution is 6.34. The first-order chi connectivity index (χ1) is 25.6. The number of nitrogens with zero attached hydrogens (tertiary/aromatic N) is 7. The van der Waals surface area contributed by atoms with E-state index in [2.05, 4.69) is 15.4 Å². The number of halogens is 3. The van der Waals surface area contributed by atoms with Crippen molar-refractivity contribution in [2.75, 3.05) is 72.4 Å². The number of amides is 3. The van der Waals surface area contributed by atoms with Crippen LogP contribution in [0.2, 0.25) is 5.02 Å². The van der Waals surface area contributed by atoms with E-state index in [9.17, 15) is 19.5 Å². The molecule has 2 aliphatic rings. The number of aliphatic hydroxyl groups is 1. The zero-order chi connectivity index (χ0) is 39.1. The predicted molar refractivity (Wildman–Crippen MR) is 199 cm³/mol. The molecule has 2 atom stereocenters. The summed E-state index contributed by atoms with van der Waals surface area (Å²) in [5.74, 6) is -3.64. The van der Waals surface area contributed by atoms with E-state index in [1.807, 2.05) is 14.1 Å². The van der Waals surface area contributed by atoms with Gasteiger partial charge in [0.1, 0.15) is 12.6 Å². The molecular weight excluding hydrogens is 722 g/mol. The second kappa shape index (κ2) is 15.6. The van der Waals surface area contributed by atoms with E-state index in [1.54, 1.807) is 41.5 Å². The number of imidazole rings is 1. The molecule has 13 nitrogen and oxygen atoms in total. The molecule has 0 bridgehead atoms. The maximum Gasteiger partial charge on any atom is 0.291 e. The van der Waals surface area contributed by atoms with E-state index in [-0.39, 0.29) is 45.0 Å². The largest absolute Gasteiger partial charge is 0.386 e. The average molecular weight is 768 g/mol. The lowest BCUT2D eigenvalue weighted by atomic mass is 9.91. The minimum absolute atomic E-state index is 0.0628. The molecule has 4 heterocycles. The number of methoxy groups -OCH3 is 1. The molecule has 2 fully saturated rings. The summed E-state index contributed by atoms with van der Waals surface area (Å²) in [6.07, 6.45) is 1.21. The number of ether oxygens (including phenoxy) is 1. The number of piperidine rings is 1. The lowest BCUT2D eigenvalue weighted by molar-refractivity contribution is -0.899. The van der Waals surface area contributed by atoms with E-state index in [0.29, 0.717) is 79.4 Å². The smallest absolute Gasteiger partial charge is 0.291 e. The number of likely N-dealkylation sites (tertiary alicyclic amines) is 1. The molecule has 0 radical (unpaired) electrons. The van der Waals surface area contributed by atoms with Crippen LogP contribution in [0.15, 0.2) is 36.5 Å². The highest BCUT2D eigenvalue weighted by Crippen LogP contribution is 2.35. The molecule has 54 heavy (non-hydrogen) atoms. The lowest BCUT2D eigenvalue weighted by Crippen LogP contribution is -2.58. The summed E-state index contributed by atoms with van der Waals surface area (Å²) >= 11 is 6.54. The first kappa shape index (κ1) is 39.0. The third-order valence-electron chi connectivity index (χ3n) is 10.6. The Bertz CT molecular complexity index is 2090. The predicted octanol–water partition coefficient (Wildman–Crippen LogP) is 4.14. The Kier molecular flexibility index (Phi) is 11.2. The van der Waals surface area contributed by atoms with Crippen LogP contribution in [-0.2, 0) is 23.1 Å². The standard InChI is InChI=1S/C38H45ClF2N8O5/c1-22-32(23(2)48(44-22)16-18-54-6)28-10-9-26(33(40)34(28)41)30-20-42-35(45(30)3)36(51)43-24-7-8-25(29(39)19-24)37(52)46-12-14-47(15-13-46)38(53)27-11-17-49(4,5)21-31(27)50/h7-10,19-20,27,31,50H,11-18,21H2,1-6H3/p+1. The van der Waals surface area contributed by atoms with Crippen LogP contribution in [0.25, 0.3) is 22.4 Å². The van der Waals surface area contributed by atoms with Crippen LogP contribution in [0, 0.1) is 31.4 Å². The third-order valence-corrected chi connectivity index (χ3v) is 10.9. The van der Waals surface area contributed by atoms with Gasteiger partial charge in [0.2, 0.25) is 5.91 Å². The van der Waals surface area contributed by atoms with Gasteiger partial charge >= 0.3 is 0 Å². The molecule has 2 aromatic heterocycles. The van der Waals surface area contributed by atoms with E-state index in [0.717, 1.165) is 6.54 Å². The van der Waals surface area contributed by atoms with Crippen molar-refractivity contribution in [1.82, 2.24) is 29.1 Å². The molecule has 0 saturated carbocycles. The molecular formula is C38H46ClF2N8O5+. The SMILES string of the molecule is COCCn1nc(C)c(-c2ccc(-c3cnc(C(=O)Nc4ccc(C(=O)N5CCN(C(=O)C6CC[N+](C)(C)CC6O)CC5)c(Cl)c4)n3C)c(F)c2F)c1C. The van der Waals surface area contributed by atoms with Gasteiger partial charge in [-0.2, -0.15) is 5.10 Å². The number of carbonyl (C=O) groups is 3. The monoisotopic (exact) mass is 767 g/mol. The Morgan fingerprint density at radius 1 is 1.04 bits per heavy atom. The Balaban J connectivity index is 1.10. The van der Waals surface area contributed by atoms with Crippen LogP contribution >= 0.6 is 11.6 Å². The first-order valence-corrected chi connectivity index (χ1v) is 18.2. The molecule has 0 spiro atoms. The Morgan fingerprint density at radius 3 is 2.37 bits per heavy atom. The van der Waals surface area contributed by atoms with Gasteiger partial charge in [-0.1, -0.05) is 17.7 Å². The van der Waals surface area contributed by atoms with Crippen molar-refractivity contribution in [2.45, 2.75) is 32.9 Å². The van der Waals surface area contributed by atoms with Gasteiger partial charge in [-0.15, -0.1) is 0 Å². The molecule has 2 aliphatic heterocycles. The van der Waals surface area contributed by atoms with Crippen molar-refractivity contribution in [1.29, 1.82) is 0 Å². The van der Waals surface area contributed by atoms with Gasteiger partial charge in [-0.05, 0) is 38.1 Å². The Labute approximate surface area is 317 Å². The molecule has 0 aliphatic carbocycles. The van der Waals surface area contributed by atoms with Gasteiger partial charge in [0.25, 0.3) is 11.8 Å². The number of nitrogens with one attached hydrogen (secondary N) is 1. The number of hydrogen-bond acceptors (Lipinski definition) is 7. The second-order valence-corrected chi connectivity index (χ2v) is 15.1. The number of anilines is 1. The molecule has 6 rings (SSSR count). The van der Waals surface area contributed by atoms with Crippen molar-refractivity contribution < 1.29 is 37.5 Å². The first-order valence-electron chi connectivity index (χ1n) is 17.8. The fraction of sp³-hybridized carbons (Fsp3) is 0.447. The van der Waals surface area contributed by atoms with Crippen LogP contribution in [-0.4, -0.2) is 130 Å². The van der Waals surface area contributed by atoms with Gasteiger partial charge in [-0.25, -0.2) is 13.8 Å². The molecule has 3 amide bonds. The molecule has 16 heteroatoms. The molecule has 288 valence electrons. The van der Waals surface area contributed by atoms with Crippen LogP contribution in [0.4, 0.5) is 14.5 Å². The Hall–Kier alpha value is -4.70. The van der Waals surface area contributed by atoms with Gasteiger partial charge in [-0.3, -0.25) is 19.1 Å². The highest BCUT2D eigenvalue weighted by Gasteiger charge is 2.41.